The number of hydrogen-bond acceptors (Lipinski definition) is 3. The van der Waals surface area contributed by atoms with Gasteiger partial charge in [0.25, 0.3) is 0 Å². The number of nitrogens with one attached hydrogen (secondary N) is 2. The standard InChI is InChI=1S/C22H26N2O3/c1-6-27-20(25)18-12-7-8-13-19(18)23-21(26)24-22(4,5)17-11-9-10-16(14-17)15(2)3/h7-14H,2,6H2,1,3-5H3,(H2,23,24,26). The SMILES string of the molecule is C=C(C)c1cccc(C(C)(C)NC(=O)Nc2ccccc2C(=O)OCC)c1. The van der Waals surface area contributed by atoms with Gasteiger partial charge in [-0.3, -0.25) is 0 Å². The monoisotopic (exact) mass is 366 g/mol. The fourth-order valence-corrected chi connectivity index (χ4v) is 2.66. The number of amides is 2. The zero-order valence-electron chi connectivity index (χ0n) is 16.3. The van der Waals surface area contributed by atoms with Gasteiger partial charge in [0.15, 0.2) is 0 Å². The van der Waals surface area contributed by atoms with E-state index in [4.69, 9.17) is 4.74 Å². The predicted molar refractivity (Wildman–Crippen MR) is 109 cm³/mol. The summed E-state index contributed by atoms with van der Waals surface area (Å²) in [6, 6.07) is 14.2. The molecular weight excluding hydrogens is 340 g/mol. The molecule has 0 aliphatic rings. The molecule has 2 rings (SSSR count). The fraction of sp³-hybridized carbons (Fsp3) is 0.273. The summed E-state index contributed by atoms with van der Waals surface area (Å²) in [6.07, 6.45) is 0. The largest absolute Gasteiger partial charge is 0.462 e. The summed E-state index contributed by atoms with van der Waals surface area (Å²) in [7, 11) is 0. The first kappa shape index (κ1) is 20.2. The molecule has 2 amide bonds. The molecule has 0 saturated heterocycles. The summed E-state index contributed by atoms with van der Waals surface area (Å²) >= 11 is 0. The highest BCUT2D eigenvalue weighted by atomic mass is 16.5. The third kappa shape index (κ3) is 5.20. The lowest BCUT2D eigenvalue weighted by atomic mass is 9.92. The minimum absolute atomic E-state index is 0.269. The second-order valence-electron chi connectivity index (χ2n) is 6.83. The van der Waals surface area contributed by atoms with Crippen molar-refractivity contribution in [3.05, 3.63) is 71.8 Å². The molecule has 2 aromatic rings. The van der Waals surface area contributed by atoms with E-state index in [-0.39, 0.29) is 6.61 Å². The third-order valence-electron chi connectivity index (χ3n) is 4.17. The molecule has 5 heteroatoms. The molecule has 0 aliphatic carbocycles. The van der Waals surface area contributed by atoms with E-state index in [0.29, 0.717) is 11.3 Å². The number of urea groups is 1. The van der Waals surface area contributed by atoms with Crippen LogP contribution in [0.1, 0.15) is 49.2 Å². The van der Waals surface area contributed by atoms with E-state index in [1.165, 1.54) is 0 Å². The molecule has 0 bridgehead atoms. The highest BCUT2D eigenvalue weighted by Gasteiger charge is 2.24. The zero-order valence-corrected chi connectivity index (χ0v) is 16.3. The van der Waals surface area contributed by atoms with E-state index in [1.54, 1.807) is 31.2 Å². The summed E-state index contributed by atoms with van der Waals surface area (Å²) < 4.78 is 5.04. The Bertz CT molecular complexity index is 856. The smallest absolute Gasteiger partial charge is 0.340 e. The van der Waals surface area contributed by atoms with Gasteiger partial charge in [0.1, 0.15) is 0 Å². The van der Waals surface area contributed by atoms with Crippen LogP contribution in [0, 0.1) is 0 Å². The van der Waals surface area contributed by atoms with E-state index >= 15 is 0 Å². The molecule has 0 aromatic heterocycles. The number of benzene rings is 2. The maximum absolute atomic E-state index is 12.6. The van der Waals surface area contributed by atoms with Crippen LogP contribution in [0.2, 0.25) is 0 Å². The lowest BCUT2D eigenvalue weighted by Crippen LogP contribution is -2.43. The average molecular weight is 366 g/mol. The Morgan fingerprint density at radius 3 is 2.48 bits per heavy atom. The quantitative estimate of drug-likeness (QED) is 0.711. The zero-order chi connectivity index (χ0) is 20.0. The summed E-state index contributed by atoms with van der Waals surface area (Å²) in [5.74, 6) is -0.471. The van der Waals surface area contributed by atoms with Gasteiger partial charge >= 0.3 is 12.0 Å². The molecule has 5 nitrogen and oxygen atoms in total. The van der Waals surface area contributed by atoms with Gasteiger partial charge in [0.05, 0.1) is 23.4 Å². The highest BCUT2D eigenvalue weighted by molar-refractivity contribution is 6.01. The van der Waals surface area contributed by atoms with Gasteiger partial charge in [-0.15, -0.1) is 0 Å². The summed E-state index contributed by atoms with van der Waals surface area (Å²) in [6.45, 7) is 11.7. The molecule has 0 heterocycles. The molecule has 0 radical (unpaired) electrons. The van der Waals surface area contributed by atoms with Gasteiger partial charge in [-0.2, -0.15) is 0 Å². The first-order valence-corrected chi connectivity index (χ1v) is 8.86. The van der Waals surface area contributed by atoms with Crippen LogP contribution in [0.5, 0.6) is 0 Å². The Morgan fingerprint density at radius 2 is 1.81 bits per heavy atom. The minimum Gasteiger partial charge on any atom is -0.462 e. The molecule has 0 saturated carbocycles. The van der Waals surface area contributed by atoms with Crippen molar-refractivity contribution in [1.82, 2.24) is 5.32 Å². The molecule has 0 fully saturated rings. The Kier molecular flexibility index (Phi) is 6.40. The van der Waals surface area contributed by atoms with Crippen LogP contribution in [0.15, 0.2) is 55.1 Å². The van der Waals surface area contributed by atoms with Crippen molar-refractivity contribution in [2.24, 2.45) is 0 Å². The number of hydrogen-bond donors (Lipinski definition) is 2. The van der Waals surface area contributed by atoms with Crippen molar-refractivity contribution in [3.8, 4) is 0 Å². The number of carbonyl (C=O) groups is 2. The van der Waals surface area contributed by atoms with Gasteiger partial charge in [-0.1, -0.05) is 42.5 Å². The Labute approximate surface area is 160 Å². The van der Waals surface area contributed by atoms with Crippen molar-refractivity contribution in [1.29, 1.82) is 0 Å². The first-order valence-electron chi connectivity index (χ1n) is 8.86. The highest BCUT2D eigenvalue weighted by Crippen LogP contribution is 2.24. The summed E-state index contributed by atoms with van der Waals surface area (Å²) in [4.78, 5) is 24.6. The van der Waals surface area contributed by atoms with Crippen molar-refractivity contribution in [2.75, 3.05) is 11.9 Å². The van der Waals surface area contributed by atoms with Crippen molar-refractivity contribution in [3.63, 3.8) is 0 Å². The van der Waals surface area contributed by atoms with Crippen molar-refractivity contribution >= 4 is 23.3 Å². The van der Waals surface area contributed by atoms with E-state index < -0.39 is 17.5 Å². The van der Waals surface area contributed by atoms with Crippen LogP contribution < -0.4 is 10.6 Å². The number of rotatable bonds is 6. The Hall–Kier alpha value is -3.08. The molecule has 0 unspecified atom stereocenters. The molecule has 0 spiro atoms. The normalized spacial score (nSPS) is 10.8. The van der Waals surface area contributed by atoms with Gasteiger partial charge in [0.2, 0.25) is 0 Å². The molecule has 27 heavy (non-hydrogen) atoms. The van der Waals surface area contributed by atoms with Gasteiger partial charge in [-0.05, 0) is 57.0 Å². The van der Waals surface area contributed by atoms with Gasteiger partial charge < -0.3 is 15.4 Å². The number of esters is 1. The van der Waals surface area contributed by atoms with Crippen LogP contribution in [0.4, 0.5) is 10.5 Å². The number of allylic oxidation sites excluding steroid dienone is 1. The number of anilines is 1. The number of para-hydroxylation sites is 1. The van der Waals surface area contributed by atoms with E-state index in [0.717, 1.165) is 16.7 Å². The Balaban J connectivity index is 2.17. The molecule has 0 atom stereocenters. The fourth-order valence-electron chi connectivity index (χ4n) is 2.66. The van der Waals surface area contributed by atoms with E-state index in [1.807, 2.05) is 45.0 Å². The van der Waals surface area contributed by atoms with Crippen LogP contribution in [0.3, 0.4) is 0 Å². The van der Waals surface area contributed by atoms with Crippen molar-refractivity contribution < 1.29 is 14.3 Å². The third-order valence-corrected chi connectivity index (χ3v) is 4.17. The minimum atomic E-state index is -0.617. The lowest BCUT2D eigenvalue weighted by Gasteiger charge is -2.27. The van der Waals surface area contributed by atoms with Gasteiger partial charge in [-0.25, -0.2) is 9.59 Å². The molecule has 2 N–H and O–H groups in total. The summed E-state index contributed by atoms with van der Waals surface area (Å²) in [5, 5.41) is 5.70. The molecular formula is C22H26N2O3. The summed E-state index contributed by atoms with van der Waals surface area (Å²) in [5.41, 5.74) is 3.04. The second-order valence-corrected chi connectivity index (χ2v) is 6.83. The Morgan fingerprint density at radius 1 is 1.11 bits per heavy atom. The van der Waals surface area contributed by atoms with E-state index in [9.17, 15) is 9.59 Å². The maximum atomic E-state index is 12.6. The number of ether oxygens (including phenoxy) is 1. The second kappa shape index (κ2) is 8.54. The first-order chi connectivity index (χ1) is 12.7. The van der Waals surface area contributed by atoms with Crippen molar-refractivity contribution in [2.45, 2.75) is 33.2 Å². The van der Waals surface area contributed by atoms with Crippen LogP contribution in [0.25, 0.3) is 5.57 Å². The van der Waals surface area contributed by atoms with Crippen LogP contribution >= 0.6 is 0 Å². The topological polar surface area (TPSA) is 67.4 Å². The molecule has 2 aromatic carbocycles. The van der Waals surface area contributed by atoms with Gasteiger partial charge in [0, 0.05) is 0 Å². The predicted octanol–water partition coefficient (Wildman–Crippen LogP) is 4.95. The van der Waals surface area contributed by atoms with E-state index in [2.05, 4.69) is 17.2 Å². The molecule has 0 aliphatic heterocycles. The molecule has 142 valence electrons. The van der Waals surface area contributed by atoms with Crippen LogP contribution in [-0.4, -0.2) is 18.6 Å². The lowest BCUT2D eigenvalue weighted by molar-refractivity contribution is 0.0527. The maximum Gasteiger partial charge on any atom is 0.340 e. The average Bonchev–Trinajstić information content (AvgIpc) is 2.62. The number of carbonyl (C=O) groups excluding carboxylic acids is 2. The van der Waals surface area contributed by atoms with Crippen LogP contribution in [-0.2, 0) is 10.3 Å².